The van der Waals surface area contributed by atoms with E-state index in [0.29, 0.717) is 34.6 Å². The van der Waals surface area contributed by atoms with Crippen molar-refractivity contribution in [3.05, 3.63) is 77.9 Å². The van der Waals surface area contributed by atoms with Gasteiger partial charge in [0.05, 0.1) is 12.8 Å². The Bertz CT molecular complexity index is 1300. The van der Waals surface area contributed by atoms with Crippen molar-refractivity contribution in [2.24, 2.45) is 0 Å². The lowest BCUT2D eigenvalue weighted by atomic mass is 10.2. The van der Waals surface area contributed by atoms with Crippen molar-refractivity contribution >= 4 is 11.6 Å². The first kappa shape index (κ1) is 22.8. The number of anilines is 1. The molecule has 0 radical (unpaired) electrons. The lowest BCUT2D eigenvalue weighted by Gasteiger charge is -2.11. The van der Waals surface area contributed by atoms with Crippen molar-refractivity contribution in [3.8, 4) is 28.9 Å². The lowest BCUT2D eigenvalue weighted by Crippen LogP contribution is -2.20. The van der Waals surface area contributed by atoms with Crippen LogP contribution in [0, 0.1) is 20.8 Å². The van der Waals surface area contributed by atoms with E-state index in [1.165, 1.54) is 6.33 Å². The number of benzene rings is 2. The van der Waals surface area contributed by atoms with Crippen LogP contribution in [-0.4, -0.2) is 39.4 Å². The number of nitrogens with one attached hydrogen (secondary N) is 1. The molecule has 0 unspecified atom stereocenters. The average molecular weight is 460 g/mol. The van der Waals surface area contributed by atoms with Gasteiger partial charge in [0, 0.05) is 17.4 Å². The van der Waals surface area contributed by atoms with Crippen LogP contribution in [0.4, 0.5) is 5.69 Å². The Labute approximate surface area is 197 Å². The van der Waals surface area contributed by atoms with Gasteiger partial charge >= 0.3 is 0 Å². The molecular weight excluding hydrogens is 434 g/mol. The molecule has 2 heterocycles. The summed E-state index contributed by atoms with van der Waals surface area (Å²) in [7, 11) is 1.55. The summed E-state index contributed by atoms with van der Waals surface area (Å²) in [5, 5.41) is 7.31. The van der Waals surface area contributed by atoms with Gasteiger partial charge in [-0.3, -0.25) is 4.79 Å². The minimum atomic E-state index is -0.291. The SMILES string of the molecule is COc1ccccc1OCC(=O)Nc1ccc(Oc2cc(-n3nc(C)c(C)c3C)ncn2)cc1. The van der Waals surface area contributed by atoms with Crippen LogP contribution in [0.25, 0.3) is 5.82 Å². The predicted molar refractivity (Wildman–Crippen MR) is 127 cm³/mol. The van der Waals surface area contributed by atoms with Gasteiger partial charge < -0.3 is 19.5 Å². The molecule has 4 rings (SSSR count). The van der Waals surface area contributed by atoms with Crippen LogP contribution in [0.5, 0.6) is 23.1 Å². The molecule has 9 heteroatoms. The highest BCUT2D eigenvalue weighted by Crippen LogP contribution is 2.26. The van der Waals surface area contributed by atoms with Crippen molar-refractivity contribution in [1.29, 1.82) is 0 Å². The number of amides is 1. The van der Waals surface area contributed by atoms with Crippen LogP contribution in [0.2, 0.25) is 0 Å². The molecule has 4 aromatic rings. The fourth-order valence-corrected chi connectivity index (χ4v) is 3.25. The van der Waals surface area contributed by atoms with Crippen LogP contribution < -0.4 is 19.5 Å². The van der Waals surface area contributed by atoms with Gasteiger partial charge in [0.15, 0.2) is 23.9 Å². The number of carbonyl (C=O) groups is 1. The third-order valence-electron chi connectivity index (χ3n) is 5.29. The molecule has 1 amide bonds. The van der Waals surface area contributed by atoms with E-state index in [1.807, 2.05) is 32.9 Å². The number of carbonyl (C=O) groups excluding carboxylic acids is 1. The van der Waals surface area contributed by atoms with Gasteiger partial charge in [0.2, 0.25) is 5.88 Å². The summed E-state index contributed by atoms with van der Waals surface area (Å²) in [4.78, 5) is 20.7. The largest absolute Gasteiger partial charge is 0.493 e. The van der Waals surface area contributed by atoms with Gasteiger partial charge in [-0.25, -0.2) is 14.6 Å². The first-order chi connectivity index (χ1) is 16.4. The summed E-state index contributed by atoms with van der Waals surface area (Å²) in [5.41, 5.74) is 3.69. The molecule has 0 spiro atoms. The Morgan fingerprint density at radius 1 is 1.00 bits per heavy atom. The number of nitrogens with zero attached hydrogens (tertiary/aromatic N) is 4. The maximum Gasteiger partial charge on any atom is 0.262 e. The fourth-order valence-electron chi connectivity index (χ4n) is 3.25. The topological polar surface area (TPSA) is 100 Å². The van der Waals surface area contributed by atoms with Crippen LogP contribution in [-0.2, 0) is 4.79 Å². The standard InChI is InChI=1S/C25H25N5O4/c1-16-17(2)29-30(18(16)3)23-13-25(27-15-26-23)34-20-11-9-19(10-12-20)28-24(31)14-33-22-8-6-5-7-21(22)32-4/h5-13,15H,14H2,1-4H3,(H,28,31). The summed E-state index contributed by atoms with van der Waals surface area (Å²) in [6, 6.07) is 15.8. The van der Waals surface area contributed by atoms with Gasteiger partial charge in [0.25, 0.3) is 5.91 Å². The number of aromatic nitrogens is 4. The number of rotatable bonds is 8. The highest BCUT2D eigenvalue weighted by atomic mass is 16.5. The molecule has 1 N–H and O–H groups in total. The number of para-hydroxylation sites is 2. The van der Waals surface area contributed by atoms with Gasteiger partial charge in [-0.05, 0) is 62.7 Å². The number of hydrogen-bond donors (Lipinski definition) is 1. The normalized spacial score (nSPS) is 10.6. The van der Waals surface area contributed by atoms with Gasteiger partial charge in [-0.15, -0.1) is 0 Å². The highest BCUT2D eigenvalue weighted by molar-refractivity contribution is 5.91. The van der Waals surface area contributed by atoms with E-state index in [-0.39, 0.29) is 12.5 Å². The molecule has 0 aliphatic rings. The Kier molecular flexibility index (Phi) is 6.72. The third kappa shape index (κ3) is 5.15. The summed E-state index contributed by atoms with van der Waals surface area (Å²) in [6.45, 7) is 5.83. The predicted octanol–water partition coefficient (Wildman–Crippen LogP) is 4.41. The zero-order chi connectivity index (χ0) is 24.1. The molecule has 0 saturated heterocycles. The average Bonchev–Trinajstić information content (AvgIpc) is 3.11. The number of hydrogen-bond acceptors (Lipinski definition) is 7. The van der Waals surface area contributed by atoms with Crippen molar-refractivity contribution in [2.45, 2.75) is 20.8 Å². The van der Waals surface area contributed by atoms with E-state index in [9.17, 15) is 4.79 Å². The molecule has 0 aliphatic carbocycles. The highest BCUT2D eigenvalue weighted by Gasteiger charge is 2.12. The molecule has 0 fully saturated rings. The van der Waals surface area contributed by atoms with Crippen LogP contribution in [0.15, 0.2) is 60.9 Å². The van der Waals surface area contributed by atoms with E-state index in [4.69, 9.17) is 14.2 Å². The second-order valence-electron chi connectivity index (χ2n) is 7.54. The molecular formula is C25H25N5O4. The summed E-state index contributed by atoms with van der Waals surface area (Å²) in [6.07, 6.45) is 1.44. The number of ether oxygens (including phenoxy) is 3. The third-order valence-corrected chi connectivity index (χ3v) is 5.29. The number of methoxy groups -OCH3 is 1. The second kappa shape index (κ2) is 10.0. The van der Waals surface area contributed by atoms with Crippen LogP contribution >= 0.6 is 0 Å². The molecule has 174 valence electrons. The van der Waals surface area contributed by atoms with E-state index >= 15 is 0 Å². The summed E-state index contributed by atoms with van der Waals surface area (Å²) in [5.74, 6) is 2.36. The first-order valence-electron chi connectivity index (χ1n) is 10.6. The molecule has 0 saturated carbocycles. The lowest BCUT2D eigenvalue weighted by molar-refractivity contribution is -0.118. The quantitative estimate of drug-likeness (QED) is 0.417. The van der Waals surface area contributed by atoms with Gasteiger partial charge in [0.1, 0.15) is 12.1 Å². The zero-order valence-corrected chi connectivity index (χ0v) is 19.4. The minimum Gasteiger partial charge on any atom is -0.493 e. The zero-order valence-electron chi connectivity index (χ0n) is 19.4. The van der Waals surface area contributed by atoms with Crippen molar-refractivity contribution < 1.29 is 19.0 Å². The van der Waals surface area contributed by atoms with E-state index < -0.39 is 0 Å². The van der Waals surface area contributed by atoms with Crippen molar-refractivity contribution in [3.63, 3.8) is 0 Å². The second-order valence-corrected chi connectivity index (χ2v) is 7.54. The molecule has 34 heavy (non-hydrogen) atoms. The summed E-state index contributed by atoms with van der Waals surface area (Å²) < 4.78 is 18.4. The molecule has 9 nitrogen and oxygen atoms in total. The van der Waals surface area contributed by atoms with E-state index in [2.05, 4.69) is 20.4 Å². The minimum absolute atomic E-state index is 0.145. The van der Waals surface area contributed by atoms with Crippen LogP contribution in [0.3, 0.4) is 0 Å². The van der Waals surface area contributed by atoms with Gasteiger partial charge in [-0.2, -0.15) is 5.10 Å². The fraction of sp³-hybridized carbons (Fsp3) is 0.200. The molecule has 2 aromatic heterocycles. The molecule has 0 bridgehead atoms. The Hall–Kier alpha value is -4.40. The smallest absolute Gasteiger partial charge is 0.262 e. The molecule has 0 aliphatic heterocycles. The van der Waals surface area contributed by atoms with E-state index in [1.54, 1.807) is 54.3 Å². The van der Waals surface area contributed by atoms with Crippen molar-refractivity contribution in [1.82, 2.24) is 19.7 Å². The maximum atomic E-state index is 12.3. The Balaban J connectivity index is 1.37. The van der Waals surface area contributed by atoms with Crippen molar-refractivity contribution in [2.75, 3.05) is 19.0 Å². The van der Waals surface area contributed by atoms with E-state index in [0.717, 1.165) is 17.0 Å². The van der Waals surface area contributed by atoms with Gasteiger partial charge in [-0.1, -0.05) is 12.1 Å². The Morgan fingerprint density at radius 3 is 2.41 bits per heavy atom. The molecule has 2 aromatic carbocycles. The molecule has 0 atom stereocenters. The summed E-state index contributed by atoms with van der Waals surface area (Å²) >= 11 is 0. The monoisotopic (exact) mass is 459 g/mol. The maximum absolute atomic E-state index is 12.3. The number of aryl methyl sites for hydroxylation is 1. The van der Waals surface area contributed by atoms with Crippen LogP contribution in [0.1, 0.15) is 17.0 Å². The first-order valence-corrected chi connectivity index (χ1v) is 10.6. The Morgan fingerprint density at radius 2 is 1.74 bits per heavy atom.